The van der Waals surface area contributed by atoms with E-state index in [0.717, 1.165) is 11.3 Å². The lowest BCUT2D eigenvalue weighted by atomic mass is 9.78. The number of benzene rings is 1. The quantitative estimate of drug-likeness (QED) is 0.656. The fourth-order valence-electron chi connectivity index (χ4n) is 3.15. The minimum Gasteiger partial charge on any atom is -0.494 e. The van der Waals surface area contributed by atoms with Crippen LogP contribution in [0.4, 0.5) is 18.0 Å². The first-order valence-electron chi connectivity index (χ1n) is 8.35. The third-order valence-corrected chi connectivity index (χ3v) is 5.27. The summed E-state index contributed by atoms with van der Waals surface area (Å²) in [4.78, 5) is 24.9. The summed E-state index contributed by atoms with van der Waals surface area (Å²) in [6.45, 7) is 2.07. The summed E-state index contributed by atoms with van der Waals surface area (Å²) >= 11 is 0.952. The lowest BCUT2D eigenvalue weighted by Gasteiger charge is -2.44. The number of carbonyl (C=O) groups is 2. The van der Waals surface area contributed by atoms with Gasteiger partial charge in [-0.1, -0.05) is 18.2 Å². The number of hydrogen-bond acceptors (Lipinski definition) is 5. The first kappa shape index (κ1) is 20.2. The van der Waals surface area contributed by atoms with Crippen LogP contribution in [0, 0.1) is 5.92 Å². The van der Waals surface area contributed by atoms with Crippen molar-refractivity contribution in [3.63, 3.8) is 0 Å². The van der Waals surface area contributed by atoms with Crippen molar-refractivity contribution in [3.05, 3.63) is 52.2 Å². The molecule has 3 rings (SSSR count). The Balaban J connectivity index is 2.13. The van der Waals surface area contributed by atoms with Crippen LogP contribution in [0.15, 0.2) is 41.8 Å². The Morgan fingerprint density at radius 1 is 1.32 bits per heavy atom. The van der Waals surface area contributed by atoms with Gasteiger partial charge in [-0.05, 0) is 36.1 Å². The number of amides is 2. The fraction of sp³-hybridized carbons (Fsp3) is 0.333. The topological polar surface area (TPSA) is 87.7 Å². The Morgan fingerprint density at radius 3 is 2.68 bits per heavy atom. The highest BCUT2D eigenvalue weighted by Gasteiger charge is 2.66. The first-order valence-corrected chi connectivity index (χ1v) is 9.23. The van der Waals surface area contributed by atoms with Crippen molar-refractivity contribution in [2.24, 2.45) is 5.92 Å². The van der Waals surface area contributed by atoms with E-state index in [0.29, 0.717) is 12.4 Å². The zero-order chi connectivity index (χ0) is 20.5. The second-order valence-corrected chi connectivity index (χ2v) is 7.11. The van der Waals surface area contributed by atoms with Gasteiger partial charge >= 0.3 is 12.2 Å². The van der Waals surface area contributed by atoms with Crippen LogP contribution in [0.2, 0.25) is 0 Å². The maximum atomic E-state index is 13.8. The summed E-state index contributed by atoms with van der Waals surface area (Å²) in [6.07, 6.45) is -5.28. The van der Waals surface area contributed by atoms with Crippen LogP contribution in [-0.4, -0.2) is 35.4 Å². The Kier molecular flexibility index (Phi) is 5.35. The fourth-order valence-corrected chi connectivity index (χ4v) is 3.86. The van der Waals surface area contributed by atoms with Gasteiger partial charge in [-0.2, -0.15) is 13.2 Å². The molecule has 0 unspecified atom stereocenters. The molecule has 0 radical (unpaired) electrons. The summed E-state index contributed by atoms with van der Waals surface area (Å²) in [6, 6.07) is 6.26. The predicted octanol–water partition coefficient (Wildman–Crippen LogP) is 3.25. The van der Waals surface area contributed by atoms with E-state index in [4.69, 9.17) is 4.74 Å². The zero-order valence-electron chi connectivity index (χ0n) is 14.6. The number of carbonyl (C=O) groups excluding carboxylic acids is 2. The lowest BCUT2D eigenvalue weighted by Crippen LogP contribution is -2.72. The number of halogens is 3. The molecule has 2 heterocycles. The Bertz CT molecular complexity index is 872. The molecule has 6 nitrogen and oxygen atoms in total. The SMILES string of the molecule is CCOc1cccc([C@@H]2NC(=O)N[C@](O)(C(F)(F)F)[C@H]2C(=O)c2cccs2)c1. The highest BCUT2D eigenvalue weighted by Crippen LogP contribution is 2.44. The Morgan fingerprint density at radius 2 is 2.07 bits per heavy atom. The summed E-state index contributed by atoms with van der Waals surface area (Å²) in [5.74, 6) is -2.61. The molecule has 28 heavy (non-hydrogen) atoms. The van der Waals surface area contributed by atoms with E-state index in [1.54, 1.807) is 18.4 Å². The normalized spacial score (nSPS) is 25.0. The van der Waals surface area contributed by atoms with Gasteiger partial charge in [0.15, 0.2) is 5.78 Å². The third kappa shape index (κ3) is 3.57. The van der Waals surface area contributed by atoms with Crippen molar-refractivity contribution in [1.82, 2.24) is 10.6 Å². The Hall–Kier alpha value is -2.59. The van der Waals surface area contributed by atoms with Crippen molar-refractivity contribution < 1.29 is 32.6 Å². The van der Waals surface area contributed by atoms with E-state index in [2.05, 4.69) is 5.32 Å². The lowest BCUT2D eigenvalue weighted by molar-refractivity contribution is -0.287. The molecule has 3 atom stereocenters. The van der Waals surface area contributed by atoms with E-state index in [9.17, 15) is 27.9 Å². The smallest absolute Gasteiger partial charge is 0.437 e. The molecule has 1 aromatic carbocycles. The molecule has 1 saturated heterocycles. The van der Waals surface area contributed by atoms with Crippen LogP contribution in [0.3, 0.4) is 0 Å². The van der Waals surface area contributed by atoms with E-state index in [1.807, 2.05) is 0 Å². The highest BCUT2D eigenvalue weighted by molar-refractivity contribution is 7.12. The first-order chi connectivity index (χ1) is 13.2. The van der Waals surface area contributed by atoms with Gasteiger partial charge in [0.25, 0.3) is 0 Å². The molecule has 0 spiro atoms. The van der Waals surface area contributed by atoms with Gasteiger partial charge in [-0.3, -0.25) is 4.79 Å². The molecule has 2 aromatic rings. The average Bonchev–Trinajstić information content (AvgIpc) is 3.15. The van der Waals surface area contributed by atoms with Crippen LogP contribution < -0.4 is 15.4 Å². The van der Waals surface area contributed by atoms with Gasteiger partial charge in [0.2, 0.25) is 5.72 Å². The number of alkyl halides is 3. The zero-order valence-corrected chi connectivity index (χ0v) is 15.4. The molecule has 1 aliphatic rings. The van der Waals surface area contributed by atoms with Gasteiger partial charge in [-0.25, -0.2) is 4.79 Å². The number of nitrogens with one attached hydrogen (secondary N) is 2. The number of urea groups is 1. The monoisotopic (exact) mass is 414 g/mol. The summed E-state index contributed by atoms with van der Waals surface area (Å²) in [5.41, 5.74) is -3.53. The van der Waals surface area contributed by atoms with Crippen molar-refractivity contribution in [1.29, 1.82) is 0 Å². The molecule has 150 valence electrons. The maximum absolute atomic E-state index is 13.8. The second kappa shape index (κ2) is 7.44. The minimum absolute atomic E-state index is 0.0385. The van der Waals surface area contributed by atoms with Crippen LogP contribution in [-0.2, 0) is 0 Å². The molecular formula is C18H17F3N2O4S. The van der Waals surface area contributed by atoms with Gasteiger partial charge in [0, 0.05) is 0 Å². The number of rotatable bonds is 5. The molecule has 1 aliphatic heterocycles. The van der Waals surface area contributed by atoms with Crippen molar-refractivity contribution >= 4 is 23.2 Å². The largest absolute Gasteiger partial charge is 0.494 e. The summed E-state index contributed by atoms with van der Waals surface area (Å²) in [5, 5.41) is 15.8. The molecule has 3 N–H and O–H groups in total. The number of ether oxygens (including phenoxy) is 1. The number of thiophene rings is 1. The van der Waals surface area contributed by atoms with Crippen LogP contribution in [0.1, 0.15) is 28.2 Å². The molecule has 0 aliphatic carbocycles. The molecule has 2 amide bonds. The third-order valence-electron chi connectivity index (χ3n) is 4.38. The number of Topliss-reactive ketones (excluding diaryl/α,β-unsaturated/α-hetero) is 1. The molecule has 0 saturated carbocycles. The molecule has 1 aromatic heterocycles. The van der Waals surface area contributed by atoms with Crippen LogP contribution in [0.5, 0.6) is 5.75 Å². The highest BCUT2D eigenvalue weighted by atomic mass is 32.1. The predicted molar refractivity (Wildman–Crippen MR) is 95.2 cm³/mol. The molecule has 1 fully saturated rings. The average molecular weight is 414 g/mol. The van der Waals surface area contributed by atoms with Gasteiger partial charge < -0.3 is 20.5 Å². The van der Waals surface area contributed by atoms with E-state index < -0.39 is 35.7 Å². The van der Waals surface area contributed by atoms with Gasteiger partial charge in [0.05, 0.1) is 17.5 Å². The number of aliphatic hydroxyl groups is 1. The van der Waals surface area contributed by atoms with E-state index >= 15 is 0 Å². The standard InChI is InChI=1S/C18H17F3N2O4S/c1-2-27-11-6-3-5-10(9-11)14-13(15(24)12-7-4-8-28-12)17(26,18(19,20)21)23-16(25)22-14/h3-9,13-14,26H,2H2,1H3,(H2,22,23,25)/t13-,14+,17-/m1/s1. The molecular weight excluding hydrogens is 397 g/mol. The molecule has 10 heteroatoms. The van der Waals surface area contributed by atoms with Gasteiger partial charge in [0.1, 0.15) is 11.7 Å². The Labute approximate surface area is 162 Å². The summed E-state index contributed by atoms with van der Waals surface area (Å²) in [7, 11) is 0. The van der Waals surface area contributed by atoms with E-state index in [1.165, 1.54) is 35.6 Å². The van der Waals surface area contributed by atoms with Crippen LogP contribution >= 0.6 is 11.3 Å². The molecule has 0 bridgehead atoms. The second-order valence-electron chi connectivity index (χ2n) is 6.16. The van der Waals surface area contributed by atoms with Crippen molar-refractivity contribution in [2.75, 3.05) is 6.61 Å². The summed E-state index contributed by atoms with van der Waals surface area (Å²) < 4.78 is 46.7. The van der Waals surface area contributed by atoms with Crippen molar-refractivity contribution in [3.8, 4) is 5.75 Å². The minimum atomic E-state index is -5.28. The maximum Gasteiger partial charge on any atom is 0.437 e. The number of hydrogen-bond donors (Lipinski definition) is 3. The number of ketones is 1. The van der Waals surface area contributed by atoms with Gasteiger partial charge in [-0.15, -0.1) is 11.3 Å². The van der Waals surface area contributed by atoms with E-state index in [-0.39, 0.29) is 10.4 Å². The van der Waals surface area contributed by atoms with Crippen molar-refractivity contribution in [2.45, 2.75) is 24.9 Å². The van der Waals surface area contributed by atoms with Crippen LogP contribution in [0.25, 0.3) is 0 Å².